The summed E-state index contributed by atoms with van der Waals surface area (Å²) >= 11 is 0. The van der Waals surface area contributed by atoms with Gasteiger partial charge in [-0.3, -0.25) is 9.69 Å². The first-order valence-corrected chi connectivity index (χ1v) is 10.5. The van der Waals surface area contributed by atoms with Crippen LogP contribution in [0.25, 0.3) is 0 Å². The van der Waals surface area contributed by atoms with Crippen LogP contribution >= 0.6 is 0 Å². The zero-order chi connectivity index (χ0) is 22.0. The van der Waals surface area contributed by atoms with Crippen LogP contribution in [-0.2, 0) is 14.3 Å². The van der Waals surface area contributed by atoms with Crippen LogP contribution in [0.15, 0.2) is 77.3 Å². The van der Waals surface area contributed by atoms with E-state index in [-0.39, 0.29) is 12.4 Å². The highest BCUT2D eigenvalue weighted by Crippen LogP contribution is 2.46. The van der Waals surface area contributed by atoms with Crippen LogP contribution in [-0.4, -0.2) is 25.5 Å². The predicted octanol–water partition coefficient (Wildman–Crippen LogP) is 4.04. The van der Waals surface area contributed by atoms with Crippen LogP contribution in [0.5, 0.6) is 5.75 Å². The molecular formula is C25H26N2O4. The molecule has 31 heavy (non-hydrogen) atoms. The molecule has 2 N–H and O–H groups in total. The Morgan fingerprint density at radius 1 is 1.10 bits per heavy atom. The lowest BCUT2D eigenvalue weighted by atomic mass is 9.75. The average molecular weight is 418 g/mol. The Kier molecular flexibility index (Phi) is 5.80. The summed E-state index contributed by atoms with van der Waals surface area (Å²) in [5.41, 5.74) is 10.1. The third-order valence-electron chi connectivity index (χ3n) is 5.75. The van der Waals surface area contributed by atoms with Gasteiger partial charge in [0.25, 0.3) is 0 Å². The molecule has 0 saturated carbocycles. The average Bonchev–Trinajstić information content (AvgIpc) is 2.79. The molecule has 0 spiro atoms. The number of anilines is 1. The molecule has 4 rings (SSSR count). The summed E-state index contributed by atoms with van der Waals surface area (Å²) < 4.78 is 10.7. The second-order valence-electron chi connectivity index (χ2n) is 7.53. The molecule has 2 aromatic carbocycles. The van der Waals surface area contributed by atoms with Crippen molar-refractivity contribution in [2.24, 2.45) is 5.73 Å². The number of hydrogen-bond acceptors (Lipinski definition) is 6. The first-order chi connectivity index (χ1) is 15.1. The number of para-hydroxylation sites is 1. The molecule has 2 aromatic rings. The summed E-state index contributed by atoms with van der Waals surface area (Å²) in [4.78, 5) is 28.2. The summed E-state index contributed by atoms with van der Waals surface area (Å²) in [6.45, 7) is 1.97. The topological polar surface area (TPSA) is 81.9 Å². The molecule has 6 nitrogen and oxygen atoms in total. The van der Waals surface area contributed by atoms with Crippen molar-refractivity contribution >= 4 is 17.4 Å². The van der Waals surface area contributed by atoms with Gasteiger partial charge in [-0.05, 0) is 49.6 Å². The quantitative estimate of drug-likeness (QED) is 0.738. The van der Waals surface area contributed by atoms with Gasteiger partial charge in [0.2, 0.25) is 0 Å². The number of hydrogen-bond donors (Lipinski definition) is 1. The van der Waals surface area contributed by atoms with E-state index >= 15 is 0 Å². The van der Waals surface area contributed by atoms with Crippen molar-refractivity contribution in [3.8, 4) is 5.75 Å². The number of carbonyl (C=O) groups excluding carboxylic acids is 2. The van der Waals surface area contributed by atoms with Gasteiger partial charge in [0, 0.05) is 23.4 Å². The maximum atomic E-state index is 13.2. The first kappa shape index (κ1) is 20.7. The fraction of sp³-hybridized carbons (Fsp3) is 0.280. The normalized spacial score (nSPS) is 18.7. The molecule has 1 heterocycles. The molecule has 1 aliphatic carbocycles. The Hall–Kier alpha value is -3.54. The fourth-order valence-electron chi connectivity index (χ4n) is 4.40. The van der Waals surface area contributed by atoms with Gasteiger partial charge >= 0.3 is 5.97 Å². The number of methoxy groups -OCH3 is 1. The van der Waals surface area contributed by atoms with Crippen LogP contribution in [0.1, 0.15) is 37.7 Å². The molecule has 0 bridgehead atoms. The summed E-state index contributed by atoms with van der Waals surface area (Å²) in [6.07, 6.45) is 1.90. The van der Waals surface area contributed by atoms with Crippen molar-refractivity contribution in [3.05, 3.63) is 82.8 Å². The Morgan fingerprint density at radius 3 is 2.45 bits per heavy atom. The van der Waals surface area contributed by atoms with Gasteiger partial charge < -0.3 is 15.2 Å². The number of benzene rings is 2. The minimum absolute atomic E-state index is 0.0392. The molecule has 0 aromatic heterocycles. The molecule has 0 saturated heterocycles. The van der Waals surface area contributed by atoms with Crippen molar-refractivity contribution in [1.29, 1.82) is 0 Å². The van der Waals surface area contributed by atoms with E-state index in [9.17, 15) is 9.59 Å². The Bertz CT molecular complexity index is 1050. The molecular weight excluding hydrogens is 392 g/mol. The Morgan fingerprint density at radius 2 is 1.81 bits per heavy atom. The molecule has 1 unspecified atom stereocenters. The number of Topliss-reactive ketones (excluding diaryl/α,β-unsaturated/α-hetero) is 1. The van der Waals surface area contributed by atoms with Gasteiger partial charge in [-0.1, -0.05) is 30.3 Å². The number of ether oxygens (including phenoxy) is 2. The van der Waals surface area contributed by atoms with Crippen molar-refractivity contribution < 1.29 is 19.1 Å². The summed E-state index contributed by atoms with van der Waals surface area (Å²) in [6, 6.07) is 17.0. The minimum atomic E-state index is -0.576. The van der Waals surface area contributed by atoms with Crippen LogP contribution in [0, 0.1) is 0 Å². The lowest BCUT2D eigenvalue weighted by Crippen LogP contribution is -2.41. The van der Waals surface area contributed by atoms with Crippen LogP contribution < -0.4 is 15.4 Å². The molecule has 2 aliphatic rings. The third-order valence-corrected chi connectivity index (χ3v) is 5.75. The maximum Gasteiger partial charge on any atom is 0.338 e. The summed E-state index contributed by atoms with van der Waals surface area (Å²) in [7, 11) is 1.60. The van der Waals surface area contributed by atoms with E-state index in [1.807, 2.05) is 59.5 Å². The molecule has 1 atom stereocenters. The SMILES string of the molecule is CCOC(=O)C1=C(N)N(c2ccccc2)C2=C(C(=O)CCC2)C1c1ccc(OC)cc1. The number of allylic oxidation sites excluding steroid dienone is 2. The van der Waals surface area contributed by atoms with Gasteiger partial charge in [-0.25, -0.2) is 4.79 Å². The second-order valence-corrected chi connectivity index (χ2v) is 7.53. The lowest BCUT2D eigenvalue weighted by molar-refractivity contribution is -0.138. The highest BCUT2D eigenvalue weighted by atomic mass is 16.5. The fourth-order valence-corrected chi connectivity index (χ4v) is 4.40. The van der Waals surface area contributed by atoms with E-state index in [0.717, 1.165) is 23.4 Å². The predicted molar refractivity (Wildman–Crippen MR) is 118 cm³/mol. The van der Waals surface area contributed by atoms with Crippen molar-refractivity contribution in [2.45, 2.75) is 32.1 Å². The number of rotatable bonds is 5. The van der Waals surface area contributed by atoms with Crippen molar-refractivity contribution in [3.63, 3.8) is 0 Å². The Labute approximate surface area is 181 Å². The maximum absolute atomic E-state index is 13.2. The number of carbonyl (C=O) groups is 2. The van der Waals surface area contributed by atoms with E-state index < -0.39 is 11.9 Å². The standard InChI is InChI=1S/C25H26N2O4/c1-3-31-25(29)23-21(16-12-14-18(30-2)15-13-16)22-19(10-7-11-20(22)28)27(24(23)26)17-8-5-4-6-9-17/h4-6,8-9,12-15,21H,3,7,10-11,26H2,1-2H3. The molecule has 0 fully saturated rings. The van der Waals surface area contributed by atoms with E-state index in [0.29, 0.717) is 35.6 Å². The van der Waals surface area contributed by atoms with Gasteiger partial charge in [0.15, 0.2) is 5.78 Å². The third kappa shape index (κ3) is 3.69. The van der Waals surface area contributed by atoms with Crippen molar-refractivity contribution in [1.82, 2.24) is 0 Å². The van der Waals surface area contributed by atoms with Crippen LogP contribution in [0.4, 0.5) is 5.69 Å². The zero-order valence-electron chi connectivity index (χ0n) is 17.8. The van der Waals surface area contributed by atoms with Gasteiger partial charge in [-0.2, -0.15) is 0 Å². The number of ketones is 1. The largest absolute Gasteiger partial charge is 0.497 e. The smallest absolute Gasteiger partial charge is 0.338 e. The van der Waals surface area contributed by atoms with E-state index in [1.54, 1.807) is 14.0 Å². The molecule has 160 valence electrons. The molecule has 0 amide bonds. The highest BCUT2D eigenvalue weighted by Gasteiger charge is 2.43. The van der Waals surface area contributed by atoms with Crippen LogP contribution in [0.2, 0.25) is 0 Å². The first-order valence-electron chi connectivity index (χ1n) is 10.5. The second kappa shape index (κ2) is 8.68. The summed E-state index contributed by atoms with van der Waals surface area (Å²) in [5, 5.41) is 0. The number of esters is 1. The Balaban J connectivity index is 1.96. The van der Waals surface area contributed by atoms with Crippen molar-refractivity contribution in [2.75, 3.05) is 18.6 Å². The van der Waals surface area contributed by atoms with Gasteiger partial charge in [0.05, 0.1) is 25.2 Å². The number of nitrogens with two attached hydrogens (primary N) is 1. The lowest BCUT2D eigenvalue weighted by Gasteiger charge is -2.40. The number of nitrogens with zero attached hydrogens (tertiary/aromatic N) is 1. The molecule has 1 aliphatic heterocycles. The van der Waals surface area contributed by atoms with Gasteiger partial charge in [-0.15, -0.1) is 0 Å². The zero-order valence-corrected chi connectivity index (χ0v) is 17.8. The minimum Gasteiger partial charge on any atom is -0.497 e. The summed E-state index contributed by atoms with van der Waals surface area (Å²) in [5.74, 6) is -0.0418. The van der Waals surface area contributed by atoms with E-state index in [4.69, 9.17) is 15.2 Å². The monoisotopic (exact) mass is 418 g/mol. The highest BCUT2D eigenvalue weighted by molar-refractivity contribution is 6.05. The van der Waals surface area contributed by atoms with Crippen LogP contribution in [0.3, 0.4) is 0 Å². The van der Waals surface area contributed by atoms with E-state index in [1.165, 1.54) is 0 Å². The van der Waals surface area contributed by atoms with E-state index in [2.05, 4.69) is 0 Å². The molecule has 0 radical (unpaired) electrons. The molecule has 6 heteroatoms. The van der Waals surface area contributed by atoms with Gasteiger partial charge in [0.1, 0.15) is 11.6 Å².